The quantitative estimate of drug-likeness (QED) is 0.682. The average Bonchev–Trinajstić information content (AvgIpc) is 3.16. The molecule has 0 fully saturated rings. The van der Waals surface area contributed by atoms with Crippen molar-refractivity contribution in [1.29, 1.82) is 5.41 Å². The fraction of sp³-hybridized carbons (Fsp3) is 0.200. The Hall–Kier alpha value is -3.49. The van der Waals surface area contributed by atoms with Crippen molar-refractivity contribution < 1.29 is 23.0 Å². The molecule has 2 N–H and O–H groups in total. The third-order valence-corrected chi connectivity index (χ3v) is 4.90. The lowest BCUT2D eigenvalue weighted by Crippen LogP contribution is -2.26. The zero-order chi connectivity index (χ0) is 20.9. The Bertz CT molecular complexity index is 1160. The number of imidazole rings is 1. The number of anilines is 1. The first-order chi connectivity index (χ1) is 13.7. The Morgan fingerprint density at radius 2 is 1.93 bits per heavy atom. The van der Waals surface area contributed by atoms with E-state index in [1.54, 1.807) is 30.9 Å². The zero-order valence-electron chi connectivity index (χ0n) is 15.6. The molecule has 0 bridgehead atoms. The van der Waals surface area contributed by atoms with Gasteiger partial charge >= 0.3 is 6.18 Å². The van der Waals surface area contributed by atoms with Gasteiger partial charge in [0.2, 0.25) is 0 Å². The number of methoxy groups -OCH3 is 1. The summed E-state index contributed by atoms with van der Waals surface area (Å²) in [5, 5.41) is 19.0. The van der Waals surface area contributed by atoms with Crippen molar-refractivity contribution in [2.75, 3.05) is 18.6 Å². The minimum absolute atomic E-state index is 0.109. The summed E-state index contributed by atoms with van der Waals surface area (Å²) in [6, 6.07) is 10.0. The van der Waals surface area contributed by atoms with Gasteiger partial charge in [-0.15, -0.1) is 0 Å². The van der Waals surface area contributed by atoms with Gasteiger partial charge in [-0.1, -0.05) is 6.07 Å². The highest BCUT2D eigenvalue weighted by Gasteiger charge is 2.35. The molecule has 3 aromatic rings. The number of amidine groups is 1. The molecule has 6 nitrogen and oxygen atoms in total. The number of hydrogen-bond acceptors (Lipinski definition) is 4. The molecule has 4 rings (SSSR count). The molecule has 0 atom stereocenters. The first kappa shape index (κ1) is 18.9. The van der Waals surface area contributed by atoms with Gasteiger partial charge in [0.1, 0.15) is 23.2 Å². The van der Waals surface area contributed by atoms with E-state index in [-0.39, 0.29) is 29.4 Å². The maximum atomic E-state index is 13.0. The number of halogens is 3. The van der Waals surface area contributed by atoms with Crippen LogP contribution in [0.1, 0.15) is 11.4 Å². The van der Waals surface area contributed by atoms with Crippen LogP contribution in [0.25, 0.3) is 16.6 Å². The molecule has 1 aliphatic rings. The number of fused-ring (bicyclic) bond motifs is 1. The first-order valence-corrected chi connectivity index (χ1v) is 8.67. The Kier molecular flexibility index (Phi) is 4.25. The maximum absolute atomic E-state index is 13.0. The highest BCUT2D eigenvalue weighted by Crippen LogP contribution is 2.36. The summed E-state index contributed by atoms with van der Waals surface area (Å²) < 4.78 is 46.1. The number of aliphatic hydroxyl groups is 1. The molecular formula is C20H17F3N4O2. The second-order valence-electron chi connectivity index (χ2n) is 6.65. The summed E-state index contributed by atoms with van der Waals surface area (Å²) >= 11 is 0. The Morgan fingerprint density at radius 1 is 1.17 bits per heavy atom. The molecule has 29 heavy (non-hydrogen) atoms. The third-order valence-electron chi connectivity index (χ3n) is 4.90. The summed E-state index contributed by atoms with van der Waals surface area (Å²) in [5.74, 6) is 0.725. The number of aryl methyl sites for hydroxylation is 1. The Morgan fingerprint density at radius 3 is 2.62 bits per heavy atom. The molecule has 0 saturated heterocycles. The van der Waals surface area contributed by atoms with E-state index in [2.05, 4.69) is 4.98 Å². The lowest BCUT2D eigenvalue weighted by atomic mass is 10.1. The molecule has 0 spiro atoms. The number of nitrogens with zero attached hydrogens (tertiary/aromatic N) is 3. The van der Waals surface area contributed by atoms with Crippen molar-refractivity contribution >= 4 is 28.1 Å². The van der Waals surface area contributed by atoms with E-state index in [0.29, 0.717) is 17.1 Å². The zero-order valence-corrected chi connectivity index (χ0v) is 15.6. The lowest BCUT2D eigenvalue weighted by Gasteiger charge is -2.20. The minimum Gasteiger partial charge on any atom is -0.509 e. The van der Waals surface area contributed by atoms with Crippen LogP contribution in [0.3, 0.4) is 0 Å². The predicted molar refractivity (Wildman–Crippen MR) is 103 cm³/mol. The smallest absolute Gasteiger partial charge is 0.416 e. The summed E-state index contributed by atoms with van der Waals surface area (Å²) in [5.41, 5.74) is 0.927. The van der Waals surface area contributed by atoms with Crippen LogP contribution in [0.5, 0.6) is 5.75 Å². The molecule has 0 amide bonds. The Balaban J connectivity index is 1.74. The van der Waals surface area contributed by atoms with Crippen LogP contribution in [0, 0.1) is 5.41 Å². The van der Waals surface area contributed by atoms with Crippen molar-refractivity contribution in [3.8, 4) is 5.75 Å². The number of ether oxygens (including phenoxy) is 1. The second-order valence-corrected chi connectivity index (χ2v) is 6.65. The lowest BCUT2D eigenvalue weighted by molar-refractivity contribution is -0.137. The van der Waals surface area contributed by atoms with E-state index in [9.17, 15) is 18.3 Å². The molecule has 1 aliphatic heterocycles. The van der Waals surface area contributed by atoms with E-state index in [0.717, 1.165) is 17.6 Å². The molecular weight excluding hydrogens is 385 g/mol. The van der Waals surface area contributed by atoms with Gasteiger partial charge in [0.15, 0.2) is 0 Å². The SMILES string of the molecule is COc1ccc2c(c1)nc(C1=C(O)CN(c3cccc(C(F)(F)F)c3)C1=N)n2C. The molecule has 0 saturated carbocycles. The van der Waals surface area contributed by atoms with Gasteiger partial charge in [0.05, 0.1) is 35.8 Å². The monoisotopic (exact) mass is 402 g/mol. The van der Waals surface area contributed by atoms with Gasteiger partial charge < -0.3 is 19.3 Å². The molecule has 2 heterocycles. The van der Waals surface area contributed by atoms with Crippen molar-refractivity contribution in [3.63, 3.8) is 0 Å². The molecule has 0 unspecified atom stereocenters. The number of rotatable bonds is 3. The van der Waals surface area contributed by atoms with E-state index in [1.807, 2.05) is 6.07 Å². The molecule has 150 valence electrons. The van der Waals surface area contributed by atoms with E-state index < -0.39 is 11.7 Å². The van der Waals surface area contributed by atoms with Crippen LogP contribution in [0.2, 0.25) is 0 Å². The van der Waals surface area contributed by atoms with Crippen LogP contribution >= 0.6 is 0 Å². The third kappa shape index (κ3) is 3.08. The average molecular weight is 402 g/mol. The van der Waals surface area contributed by atoms with E-state index >= 15 is 0 Å². The fourth-order valence-corrected chi connectivity index (χ4v) is 3.42. The standard InChI is InChI=1S/C20H17F3N4O2/c1-26-15-7-6-13(29-2)9-14(15)25-19(26)17-16(28)10-27(18(17)24)12-5-3-4-11(8-12)20(21,22)23/h3-9,24,28H,10H2,1-2H3. The van der Waals surface area contributed by atoms with Crippen LogP contribution in [0.15, 0.2) is 48.2 Å². The van der Waals surface area contributed by atoms with Crippen molar-refractivity contribution in [2.45, 2.75) is 6.18 Å². The van der Waals surface area contributed by atoms with E-state index in [4.69, 9.17) is 10.1 Å². The van der Waals surface area contributed by atoms with Crippen molar-refractivity contribution in [1.82, 2.24) is 9.55 Å². The predicted octanol–water partition coefficient (Wildman–Crippen LogP) is 4.37. The number of alkyl halides is 3. The van der Waals surface area contributed by atoms with Crippen molar-refractivity contribution in [2.24, 2.45) is 7.05 Å². The number of aromatic nitrogens is 2. The maximum Gasteiger partial charge on any atom is 0.416 e. The van der Waals surface area contributed by atoms with Gasteiger partial charge in [0, 0.05) is 18.8 Å². The Labute approximate surface area is 164 Å². The van der Waals surface area contributed by atoms with Gasteiger partial charge in [-0.05, 0) is 30.3 Å². The molecule has 9 heteroatoms. The van der Waals surface area contributed by atoms with Gasteiger partial charge in [0.25, 0.3) is 0 Å². The molecule has 2 aromatic carbocycles. The summed E-state index contributed by atoms with van der Waals surface area (Å²) in [6.07, 6.45) is -4.49. The number of aliphatic hydroxyl groups excluding tert-OH is 1. The largest absolute Gasteiger partial charge is 0.509 e. The van der Waals surface area contributed by atoms with Gasteiger partial charge in [-0.3, -0.25) is 5.41 Å². The fourth-order valence-electron chi connectivity index (χ4n) is 3.42. The second kappa shape index (κ2) is 6.54. The van der Waals surface area contributed by atoms with Crippen LogP contribution < -0.4 is 9.64 Å². The summed E-state index contributed by atoms with van der Waals surface area (Å²) in [4.78, 5) is 5.83. The normalized spacial score (nSPS) is 14.9. The first-order valence-electron chi connectivity index (χ1n) is 8.67. The van der Waals surface area contributed by atoms with Crippen LogP contribution in [-0.4, -0.2) is 34.1 Å². The summed E-state index contributed by atoms with van der Waals surface area (Å²) in [6.45, 7) is -0.109. The van der Waals surface area contributed by atoms with Crippen molar-refractivity contribution in [3.05, 3.63) is 59.6 Å². The van der Waals surface area contributed by atoms with Crippen LogP contribution in [-0.2, 0) is 13.2 Å². The number of nitrogens with one attached hydrogen (secondary N) is 1. The van der Waals surface area contributed by atoms with Crippen LogP contribution in [0.4, 0.5) is 18.9 Å². The topological polar surface area (TPSA) is 74.4 Å². The molecule has 0 aliphatic carbocycles. The molecule has 0 radical (unpaired) electrons. The minimum atomic E-state index is -4.49. The molecule has 1 aromatic heterocycles. The highest BCUT2D eigenvalue weighted by molar-refractivity contribution is 6.30. The van der Waals surface area contributed by atoms with Gasteiger partial charge in [-0.25, -0.2) is 4.98 Å². The highest BCUT2D eigenvalue weighted by atomic mass is 19.4. The summed E-state index contributed by atoms with van der Waals surface area (Å²) in [7, 11) is 3.29. The number of hydrogen-bond donors (Lipinski definition) is 2. The van der Waals surface area contributed by atoms with E-state index in [1.165, 1.54) is 17.0 Å². The number of benzene rings is 2. The van der Waals surface area contributed by atoms with Gasteiger partial charge in [-0.2, -0.15) is 13.2 Å².